The van der Waals surface area contributed by atoms with Gasteiger partial charge in [0, 0.05) is 24.9 Å². The first-order valence-corrected chi connectivity index (χ1v) is 10.5. The van der Waals surface area contributed by atoms with Crippen LogP contribution in [0.2, 0.25) is 0 Å². The van der Waals surface area contributed by atoms with E-state index in [1.807, 2.05) is 4.52 Å². The van der Waals surface area contributed by atoms with E-state index in [-0.39, 0.29) is 6.04 Å². The Balaban J connectivity index is 1.43. The highest BCUT2D eigenvalue weighted by Crippen LogP contribution is 2.37. The molecule has 5 rings (SSSR count). The summed E-state index contributed by atoms with van der Waals surface area (Å²) in [6.07, 6.45) is 7.35. The lowest BCUT2D eigenvalue weighted by atomic mass is 10.1. The average Bonchev–Trinajstić information content (AvgIpc) is 3.36. The van der Waals surface area contributed by atoms with Gasteiger partial charge < -0.3 is 9.47 Å². The molecule has 1 aliphatic heterocycles. The van der Waals surface area contributed by atoms with Crippen LogP contribution in [0.5, 0.6) is 0 Å². The van der Waals surface area contributed by atoms with Gasteiger partial charge in [0.05, 0.1) is 17.9 Å². The fourth-order valence-electron chi connectivity index (χ4n) is 4.34. The van der Waals surface area contributed by atoms with Crippen molar-refractivity contribution in [3.8, 4) is 0 Å². The predicted octanol–water partition coefficient (Wildman–Crippen LogP) is 3.74. The van der Waals surface area contributed by atoms with Crippen LogP contribution in [0, 0.1) is 0 Å². The van der Waals surface area contributed by atoms with Gasteiger partial charge in [-0.3, -0.25) is 0 Å². The molecule has 26 heavy (non-hydrogen) atoms. The second kappa shape index (κ2) is 6.04. The normalized spacial score (nSPS) is 21.2. The molecule has 4 heterocycles. The van der Waals surface area contributed by atoms with Crippen molar-refractivity contribution in [1.29, 1.82) is 0 Å². The number of hydrogen-bond acceptors (Lipinski definition) is 6. The average molecular weight is 372 g/mol. The molecule has 0 N–H and O–H groups in total. The van der Waals surface area contributed by atoms with Crippen molar-refractivity contribution >= 4 is 21.4 Å². The van der Waals surface area contributed by atoms with E-state index in [1.165, 1.54) is 31.4 Å². The van der Waals surface area contributed by atoms with E-state index in [9.17, 15) is 0 Å². The number of nitrogens with zero attached hydrogens (tertiary/aromatic N) is 7. The van der Waals surface area contributed by atoms with Gasteiger partial charge >= 0.3 is 0 Å². The molecule has 3 aromatic rings. The van der Waals surface area contributed by atoms with Crippen LogP contribution in [0.4, 0.5) is 5.13 Å². The molecule has 0 aromatic carbocycles. The Morgan fingerprint density at radius 3 is 2.69 bits per heavy atom. The molecule has 7 nitrogen and oxygen atoms in total. The lowest BCUT2D eigenvalue weighted by Gasteiger charge is -2.33. The highest BCUT2D eigenvalue weighted by molar-refractivity contribution is 7.20. The number of hydrogen-bond donors (Lipinski definition) is 0. The quantitative estimate of drug-likeness (QED) is 0.702. The van der Waals surface area contributed by atoms with Crippen LogP contribution < -0.4 is 4.90 Å². The van der Waals surface area contributed by atoms with Gasteiger partial charge in [-0.1, -0.05) is 38.0 Å². The summed E-state index contributed by atoms with van der Waals surface area (Å²) in [5.41, 5.74) is 1.22. The van der Waals surface area contributed by atoms with Crippen LogP contribution >= 0.6 is 11.3 Å². The molecule has 1 saturated carbocycles. The molecule has 1 fully saturated rings. The Morgan fingerprint density at radius 2 is 1.96 bits per heavy atom. The van der Waals surface area contributed by atoms with Crippen LogP contribution in [-0.2, 0) is 6.54 Å². The monoisotopic (exact) mass is 371 g/mol. The van der Waals surface area contributed by atoms with Crippen LogP contribution in [0.15, 0.2) is 6.20 Å². The zero-order valence-corrected chi connectivity index (χ0v) is 16.4. The lowest BCUT2D eigenvalue weighted by molar-refractivity contribution is 0.478. The maximum Gasteiger partial charge on any atom is 0.214 e. The molecule has 1 atom stereocenters. The molecule has 0 spiro atoms. The van der Waals surface area contributed by atoms with Gasteiger partial charge in [0.15, 0.2) is 5.82 Å². The maximum atomic E-state index is 4.87. The van der Waals surface area contributed by atoms with E-state index >= 15 is 0 Å². The van der Waals surface area contributed by atoms with Crippen molar-refractivity contribution in [2.75, 3.05) is 11.4 Å². The molecule has 8 heteroatoms. The molecular weight excluding hydrogens is 346 g/mol. The third-order valence-electron chi connectivity index (χ3n) is 5.80. The summed E-state index contributed by atoms with van der Waals surface area (Å²) in [4.78, 5) is 8.21. The molecule has 1 unspecified atom stereocenters. The summed E-state index contributed by atoms with van der Waals surface area (Å²) in [5, 5.41) is 14.7. The molecule has 0 radical (unpaired) electrons. The number of anilines is 1. The number of imidazole rings is 1. The van der Waals surface area contributed by atoms with Gasteiger partial charge in [-0.2, -0.15) is 0 Å². The van der Waals surface area contributed by atoms with Crippen molar-refractivity contribution < 1.29 is 0 Å². The van der Waals surface area contributed by atoms with Crippen molar-refractivity contribution in [3.63, 3.8) is 0 Å². The molecule has 1 aliphatic carbocycles. The van der Waals surface area contributed by atoms with Crippen molar-refractivity contribution in [3.05, 3.63) is 23.5 Å². The zero-order chi connectivity index (χ0) is 17.8. The maximum absolute atomic E-state index is 4.87. The van der Waals surface area contributed by atoms with E-state index in [4.69, 9.17) is 10.1 Å². The SMILES string of the molecule is CC(C)c1nnc2n1CCN(c1nn3cc(C4CCCC4)nc3s1)C2C. The largest absolute Gasteiger partial charge is 0.335 e. The zero-order valence-electron chi connectivity index (χ0n) is 15.6. The first-order chi connectivity index (χ1) is 12.6. The third kappa shape index (κ3) is 2.46. The fraction of sp³-hybridized carbons (Fsp3) is 0.667. The Kier molecular flexibility index (Phi) is 3.77. The van der Waals surface area contributed by atoms with Crippen molar-refractivity contribution in [1.82, 2.24) is 29.4 Å². The smallest absolute Gasteiger partial charge is 0.214 e. The van der Waals surface area contributed by atoms with E-state index in [0.717, 1.165) is 34.8 Å². The number of rotatable bonds is 3. The molecule has 0 saturated heterocycles. The number of fused-ring (bicyclic) bond motifs is 2. The first-order valence-electron chi connectivity index (χ1n) is 9.67. The standard InChI is InChI=1S/C18H25N7S/c1-11(2)15-20-21-16-12(3)23(8-9-24(15)16)18-22-25-10-14(19-17(25)26-18)13-6-4-5-7-13/h10-13H,4-9H2,1-3H3. The Hall–Kier alpha value is -1.96. The lowest BCUT2D eigenvalue weighted by Crippen LogP contribution is -2.37. The van der Waals surface area contributed by atoms with Gasteiger partial charge in [-0.05, 0) is 19.8 Å². The topological polar surface area (TPSA) is 64.1 Å². The van der Waals surface area contributed by atoms with Crippen LogP contribution in [0.25, 0.3) is 4.96 Å². The van der Waals surface area contributed by atoms with Gasteiger partial charge in [0.25, 0.3) is 0 Å². The fourth-order valence-corrected chi connectivity index (χ4v) is 5.33. The van der Waals surface area contributed by atoms with Crippen molar-refractivity contribution in [2.24, 2.45) is 0 Å². The Bertz CT molecular complexity index is 899. The Labute approximate surface area is 157 Å². The summed E-state index contributed by atoms with van der Waals surface area (Å²) in [7, 11) is 0. The Morgan fingerprint density at radius 1 is 1.15 bits per heavy atom. The van der Waals surface area contributed by atoms with Crippen molar-refractivity contribution in [2.45, 2.75) is 70.9 Å². The second-order valence-electron chi connectivity index (χ2n) is 7.85. The molecule has 3 aromatic heterocycles. The van der Waals surface area contributed by atoms with E-state index in [0.29, 0.717) is 11.8 Å². The predicted molar refractivity (Wildman–Crippen MR) is 102 cm³/mol. The summed E-state index contributed by atoms with van der Waals surface area (Å²) in [5.74, 6) is 3.16. The van der Waals surface area contributed by atoms with E-state index < -0.39 is 0 Å². The number of aromatic nitrogens is 6. The van der Waals surface area contributed by atoms with Crippen LogP contribution in [-0.4, -0.2) is 35.9 Å². The minimum atomic E-state index is 0.175. The van der Waals surface area contributed by atoms with Gasteiger partial charge in [-0.15, -0.1) is 15.3 Å². The third-order valence-corrected chi connectivity index (χ3v) is 6.76. The molecule has 0 bridgehead atoms. The summed E-state index contributed by atoms with van der Waals surface area (Å²) >= 11 is 1.68. The van der Waals surface area contributed by atoms with Gasteiger partial charge in [-0.25, -0.2) is 9.50 Å². The summed E-state index contributed by atoms with van der Waals surface area (Å²) in [6.45, 7) is 8.38. The highest BCUT2D eigenvalue weighted by Gasteiger charge is 2.31. The minimum absolute atomic E-state index is 0.175. The minimum Gasteiger partial charge on any atom is -0.335 e. The molecule has 0 amide bonds. The molecule has 138 valence electrons. The van der Waals surface area contributed by atoms with Gasteiger partial charge in [0.1, 0.15) is 5.82 Å². The molecule has 2 aliphatic rings. The van der Waals surface area contributed by atoms with E-state index in [2.05, 4.69) is 46.6 Å². The van der Waals surface area contributed by atoms with Crippen LogP contribution in [0.3, 0.4) is 0 Å². The summed E-state index contributed by atoms with van der Waals surface area (Å²) < 4.78 is 4.25. The molecular formula is C18H25N7S. The second-order valence-corrected chi connectivity index (χ2v) is 8.79. The highest BCUT2D eigenvalue weighted by atomic mass is 32.1. The van der Waals surface area contributed by atoms with E-state index in [1.54, 1.807) is 11.3 Å². The summed E-state index contributed by atoms with van der Waals surface area (Å²) in [6, 6.07) is 0.175. The first kappa shape index (κ1) is 16.2. The van der Waals surface area contributed by atoms with Gasteiger partial charge in [0.2, 0.25) is 10.1 Å². The van der Waals surface area contributed by atoms with Crippen LogP contribution in [0.1, 0.15) is 81.7 Å².